The fourth-order valence-electron chi connectivity index (χ4n) is 3.42. The van der Waals surface area contributed by atoms with Crippen molar-refractivity contribution in [2.75, 3.05) is 5.06 Å². The fourth-order valence-corrected chi connectivity index (χ4v) is 3.81. The van der Waals surface area contributed by atoms with E-state index in [2.05, 4.69) is 30.9 Å². The number of aldehydes is 1. The van der Waals surface area contributed by atoms with Gasteiger partial charge < -0.3 is 4.42 Å². The van der Waals surface area contributed by atoms with Crippen molar-refractivity contribution in [3.63, 3.8) is 0 Å². The van der Waals surface area contributed by atoms with Crippen LogP contribution < -0.4 is 5.06 Å². The van der Waals surface area contributed by atoms with Gasteiger partial charge in [-0.05, 0) is 54.1 Å². The molecule has 0 fully saturated rings. The number of carbonyl (C=O) groups excluding carboxylic acids is 1. The number of aromatic nitrogens is 3. The minimum atomic E-state index is -0.341. The zero-order valence-electron chi connectivity index (χ0n) is 17.6. The maximum Gasteiger partial charge on any atom is 0.185 e. The average molecular weight is 519 g/mol. The van der Waals surface area contributed by atoms with Crippen LogP contribution in [0.3, 0.4) is 0 Å². The van der Waals surface area contributed by atoms with Gasteiger partial charge in [0.25, 0.3) is 0 Å². The van der Waals surface area contributed by atoms with Crippen LogP contribution in [-0.4, -0.2) is 21.2 Å². The van der Waals surface area contributed by atoms with Crippen LogP contribution in [0.2, 0.25) is 0 Å². The van der Waals surface area contributed by atoms with E-state index >= 15 is 0 Å². The topological polar surface area (TPSA) is 81.4 Å². The first kappa shape index (κ1) is 21.9. The van der Waals surface area contributed by atoms with E-state index in [1.165, 1.54) is 18.5 Å². The lowest BCUT2D eigenvalue weighted by Gasteiger charge is -2.24. The van der Waals surface area contributed by atoms with Crippen molar-refractivity contribution in [3.8, 4) is 11.5 Å². The standard InChI is InChI=1S/C25H16BrFN4O3/c26-17-4-2-6-19(10-17)31(33-14-16-3-1-5-18(27)9-16)25-21-11-22(24-8-7-20(13-32)34-24)28-12-23(21)29-15-30-25/h1-13,15H,14H2. The Kier molecular flexibility index (Phi) is 6.11. The van der Waals surface area contributed by atoms with Crippen LogP contribution in [0.15, 0.2) is 88.1 Å². The first-order chi connectivity index (χ1) is 16.6. The van der Waals surface area contributed by atoms with Gasteiger partial charge in [-0.1, -0.05) is 34.1 Å². The molecule has 0 saturated heterocycles. The molecule has 0 spiro atoms. The third-order valence-corrected chi connectivity index (χ3v) is 5.47. The molecule has 0 amide bonds. The summed E-state index contributed by atoms with van der Waals surface area (Å²) in [6, 6.07) is 18.8. The van der Waals surface area contributed by atoms with Crippen LogP contribution in [0.4, 0.5) is 15.9 Å². The van der Waals surface area contributed by atoms with Crippen molar-refractivity contribution in [2.45, 2.75) is 6.61 Å². The van der Waals surface area contributed by atoms with Gasteiger partial charge in [-0.25, -0.2) is 19.4 Å². The number of carbonyl (C=O) groups is 1. The molecule has 5 aromatic rings. The Morgan fingerprint density at radius 1 is 1.03 bits per heavy atom. The van der Waals surface area contributed by atoms with Gasteiger partial charge in [-0.2, -0.15) is 0 Å². The molecule has 168 valence electrons. The molecule has 3 aromatic heterocycles. The smallest absolute Gasteiger partial charge is 0.185 e. The zero-order valence-corrected chi connectivity index (χ0v) is 19.1. The van der Waals surface area contributed by atoms with E-state index < -0.39 is 0 Å². The summed E-state index contributed by atoms with van der Waals surface area (Å²) in [5.41, 5.74) is 2.46. The second-order valence-corrected chi connectivity index (χ2v) is 8.20. The number of hydrogen-bond donors (Lipinski definition) is 0. The monoisotopic (exact) mass is 518 g/mol. The molecule has 0 aliphatic carbocycles. The predicted molar refractivity (Wildman–Crippen MR) is 128 cm³/mol. The van der Waals surface area contributed by atoms with Crippen LogP contribution in [0.5, 0.6) is 0 Å². The Balaban J connectivity index is 1.60. The third-order valence-electron chi connectivity index (χ3n) is 4.98. The molecule has 3 heterocycles. The number of nitrogens with zero attached hydrogens (tertiary/aromatic N) is 4. The Bertz CT molecular complexity index is 1490. The van der Waals surface area contributed by atoms with Gasteiger partial charge in [-0.15, -0.1) is 0 Å². The highest BCUT2D eigenvalue weighted by molar-refractivity contribution is 9.10. The Labute approximate surface area is 201 Å². The van der Waals surface area contributed by atoms with E-state index in [1.807, 2.05) is 24.3 Å². The lowest BCUT2D eigenvalue weighted by Crippen LogP contribution is -2.19. The number of rotatable bonds is 7. The molecule has 0 aliphatic heterocycles. The summed E-state index contributed by atoms with van der Waals surface area (Å²) >= 11 is 3.49. The largest absolute Gasteiger partial charge is 0.452 e. The molecule has 34 heavy (non-hydrogen) atoms. The number of anilines is 2. The molecule has 0 radical (unpaired) electrons. The highest BCUT2D eigenvalue weighted by Gasteiger charge is 2.18. The normalized spacial score (nSPS) is 11.0. The van der Waals surface area contributed by atoms with Crippen molar-refractivity contribution in [2.24, 2.45) is 0 Å². The first-order valence-corrected chi connectivity index (χ1v) is 11.0. The molecule has 0 N–H and O–H groups in total. The average Bonchev–Trinajstić information content (AvgIpc) is 3.34. The molecule has 7 nitrogen and oxygen atoms in total. The summed E-state index contributed by atoms with van der Waals surface area (Å²) in [6.07, 6.45) is 3.66. The number of benzene rings is 2. The van der Waals surface area contributed by atoms with Crippen LogP contribution in [-0.2, 0) is 11.4 Å². The Morgan fingerprint density at radius 2 is 1.91 bits per heavy atom. The predicted octanol–water partition coefficient (Wildman–Crippen LogP) is 6.27. The number of fused-ring (bicyclic) bond motifs is 1. The highest BCUT2D eigenvalue weighted by Crippen LogP contribution is 2.33. The van der Waals surface area contributed by atoms with Crippen LogP contribution >= 0.6 is 15.9 Å². The molecule has 0 atom stereocenters. The zero-order chi connectivity index (χ0) is 23.5. The lowest BCUT2D eigenvalue weighted by molar-refractivity contribution is 0.110. The summed E-state index contributed by atoms with van der Waals surface area (Å²) in [4.78, 5) is 30.4. The number of furan rings is 1. The molecule has 2 aromatic carbocycles. The van der Waals surface area contributed by atoms with Gasteiger partial charge in [-0.3, -0.25) is 14.6 Å². The van der Waals surface area contributed by atoms with Gasteiger partial charge in [0.1, 0.15) is 24.4 Å². The van der Waals surface area contributed by atoms with Gasteiger partial charge in [0.05, 0.1) is 17.4 Å². The quantitative estimate of drug-likeness (QED) is 0.185. The van der Waals surface area contributed by atoms with Crippen molar-refractivity contribution in [3.05, 3.63) is 101 Å². The van der Waals surface area contributed by atoms with Crippen molar-refractivity contribution < 1.29 is 18.4 Å². The van der Waals surface area contributed by atoms with Crippen molar-refractivity contribution >= 4 is 44.6 Å². The van der Waals surface area contributed by atoms with Crippen molar-refractivity contribution in [1.82, 2.24) is 15.0 Å². The molecular formula is C25H16BrFN4O3. The fraction of sp³-hybridized carbons (Fsp3) is 0.0400. The minimum Gasteiger partial charge on any atom is -0.452 e. The summed E-state index contributed by atoms with van der Waals surface area (Å²) in [5.74, 6) is 0.765. The first-order valence-electron chi connectivity index (χ1n) is 10.2. The molecule has 5 rings (SSSR count). The summed E-state index contributed by atoms with van der Waals surface area (Å²) in [7, 11) is 0. The molecule has 9 heteroatoms. The van der Waals surface area contributed by atoms with E-state index in [0.717, 1.165) is 4.47 Å². The minimum absolute atomic E-state index is 0.106. The van der Waals surface area contributed by atoms with E-state index in [-0.39, 0.29) is 18.2 Å². The number of hydrogen-bond acceptors (Lipinski definition) is 7. The third kappa shape index (κ3) is 4.57. The molecule has 0 unspecified atom stereocenters. The molecule has 0 bridgehead atoms. The molecular weight excluding hydrogens is 503 g/mol. The van der Waals surface area contributed by atoms with Crippen LogP contribution in [0.1, 0.15) is 16.1 Å². The molecule has 0 aliphatic rings. The number of pyridine rings is 1. The van der Waals surface area contributed by atoms with Crippen LogP contribution in [0, 0.1) is 5.82 Å². The van der Waals surface area contributed by atoms with Gasteiger partial charge in [0, 0.05) is 9.86 Å². The summed E-state index contributed by atoms with van der Waals surface area (Å²) in [6.45, 7) is 0.106. The van der Waals surface area contributed by atoms with Gasteiger partial charge in [0.15, 0.2) is 23.6 Å². The van der Waals surface area contributed by atoms with E-state index in [1.54, 1.807) is 41.6 Å². The highest BCUT2D eigenvalue weighted by atomic mass is 79.9. The summed E-state index contributed by atoms with van der Waals surface area (Å²) in [5, 5.41) is 2.22. The van der Waals surface area contributed by atoms with Gasteiger partial charge in [0.2, 0.25) is 0 Å². The van der Waals surface area contributed by atoms with Crippen LogP contribution in [0.25, 0.3) is 22.4 Å². The second kappa shape index (κ2) is 9.50. The van der Waals surface area contributed by atoms with Gasteiger partial charge >= 0.3 is 0 Å². The second-order valence-electron chi connectivity index (χ2n) is 7.28. The SMILES string of the molecule is O=Cc1ccc(-c2cc3c(N(OCc4cccc(F)c4)c4cccc(Br)c4)ncnc3cn2)o1. The van der Waals surface area contributed by atoms with Crippen molar-refractivity contribution in [1.29, 1.82) is 0 Å². The Hall–Kier alpha value is -3.95. The maximum atomic E-state index is 13.7. The van der Waals surface area contributed by atoms with E-state index in [0.29, 0.717) is 45.7 Å². The maximum absolute atomic E-state index is 13.7. The van der Waals surface area contributed by atoms with E-state index in [9.17, 15) is 9.18 Å². The molecule has 0 saturated carbocycles. The lowest BCUT2D eigenvalue weighted by atomic mass is 10.2. The van der Waals surface area contributed by atoms with E-state index in [4.69, 9.17) is 9.25 Å². The Morgan fingerprint density at radius 3 is 2.71 bits per heavy atom. The summed E-state index contributed by atoms with van der Waals surface area (Å²) < 4.78 is 20.1. The number of halogens is 2.